The van der Waals surface area contributed by atoms with E-state index < -0.39 is 0 Å². The van der Waals surface area contributed by atoms with Gasteiger partial charge in [-0.3, -0.25) is 0 Å². The first-order valence-corrected chi connectivity index (χ1v) is 11.6. The quantitative estimate of drug-likeness (QED) is 0.336. The van der Waals surface area contributed by atoms with Crippen molar-refractivity contribution in [2.45, 2.75) is 18.9 Å². The molecule has 0 aliphatic carbocycles. The second-order valence-corrected chi connectivity index (χ2v) is 8.72. The Bertz CT molecular complexity index is 1210. The highest BCUT2D eigenvalue weighted by Gasteiger charge is 2.18. The fourth-order valence-corrected chi connectivity index (χ4v) is 4.10. The summed E-state index contributed by atoms with van der Waals surface area (Å²) in [6, 6.07) is 21.0. The molecule has 0 saturated carbocycles. The number of oxazole rings is 1. The van der Waals surface area contributed by atoms with Gasteiger partial charge in [-0.25, -0.2) is 4.98 Å². The van der Waals surface area contributed by atoms with Crippen molar-refractivity contribution in [2.24, 2.45) is 5.73 Å². The van der Waals surface area contributed by atoms with Gasteiger partial charge in [0.15, 0.2) is 5.58 Å². The molecule has 1 aliphatic rings. The van der Waals surface area contributed by atoms with Crippen molar-refractivity contribution in [1.29, 1.82) is 0 Å². The summed E-state index contributed by atoms with van der Waals surface area (Å²) in [6.07, 6.45) is 2.08. The van der Waals surface area contributed by atoms with Crippen molar-refractivity contribution in [3.05, 3.63) is 71.8 Å². The maximum absolute atomic E-state index is 5.95. The first-order chi connectivity index (χ1) is 16.1. The Morgan fingerprint density at radius 1 is 1.00 bits per heavy atom. The number of likely N-dealkylation sites (tertiary alicyclic amines) is 1. The highest BCUT2D eigenvalue weighted by atomic mass is 35.5. The molecular weight excluding hydrogens is 438 g/mol. The van der Waals surface area contributed by atoms with Gasteiger partial charge in [-0.2, -0.15) is 0 Å². The Morgan fingerprint density at radius 3 is 2.52 bits per heavy atom. The summed E-state index contributed by atoms with van der Waals surface area (Å²) >= 11 is 5.93. The molecule has 1 aromatic heterocycles. The van der Waals surface area contributed by atoms with Gasteiger partial charge in [0, 0.05) is 35.8 Å². The lowest BCUT2D eigenvalue weighted by molar-refractivity contribution is 0.262. The number of nitrogens with two attached hydrogens (primary N) is 1. The van der Waals surface area contributed by atoms with E-state index in [1.54, 1.807) is 12.1 Å². The van der Waals surface area contributed by atoms with Crippen LogP contribution < -0.4 is 15.2 Å². The van der Waals surface area contributed by atoms with E-state index in [2.05, 4.69) is 9.88 Å². The summed E-state index contributed by atoms with van der Waals surface area (Å²) in [7, 11) is 0. The number of hydrogen-bond acceptors (Lipinski definition) is 6. The third-order valence-electron chi connectivity index (χ3n) is 5.71. The van der Waals surface area contributed by atoms with Crippen LogP contribution >= 0.6 is 11.6 Å². The van der Waals surface area contributed by atoms with E-state index in [4.69, 9.17) is 31.2 Å². The molecule has 6 nitrogen and oxygen atoms in total. The van der Waals surface area contributed by atoms with Crippen LogP contribution in [0.2, 0.25) is 5.02 Å². The van der Waals surface area contributed by atoms with Gasteiger partial charge in [0.25, 0.3) is 0 Å². The topological polar surface area (TPSA) is 73.8 Å². The second kappa shape index (κ2) is 9.83. The van der Waals surface area contributed by atoms with Gasteiger partial charge in [0.05, 0.1) is 6.61 Å². The van der Waals surface area contributed by atoms with Crippen LogP contribution in [0.25, 0.3) is 22.6 Å². The second-order valence-electron chi connectivity index (χ2n) is 8.28. The zero-order chi connectivity index (χ0) is 22.6. The van der Waals surface area contributed by atoms with Crippen LogP contribution in [0.4, 0.5) is 0 Å². The number of ether oxygens (including phenoxy) is 2. The monoisotopic (exact) mass is 463 g/mol. The SMILES string of the molecule is N[C@H]1CCN(CCCOc2ccc(-c3nc4cc(Oc5ccc(Cl)cc5)ccc4o3)cc2)C1. The zero-order valence-electron chi connectivity index (χ0n) is 18.2. The lowest BCUT2D eigenvalue weighted by Crippen LogP contribution is -2.28. The number of nitrogens with zero attached hydrogens (tertiary/aromatic N) is 2. The molecule has 0 bridgehead atoms. The van der Waals surface area contributed by atoms with E-state index in [9.17, 15) is 0 Å². The van der Waals surface area contributed by atoms with E-state index in [0.717, 1.165) is 49.3 Å². The number of hydrogen-bond donors (Lipinski definition) is 1. The van der Waals surface area contributed by atoms with E-state index in [-0.39, 0.29) is 0 Å². The fourth-order valence-electron chi connectivity index (χ4n) is 3.97. The van der Waals surface area contributed by atoms with Gasteiger partial charge in [-0.15, -0.1) is 0 Å². The number of benzene rings is 3. The van der Waals surface area contributed by atoms with E-state index >= 15 is 0 Å². The van der Waals surface area contributed by atoms with Gasteiger partial charge < -0.3 is 24.5 Å². The maximum Gasteiger partial charge on any atom is 0.227 e. The third-order valence-corrected chi connectivity index (χ3v) is 5.96. The van der Waals surface area contributed by atoms with Crippen molar-refractivity contribution in [1.82, 2.24) is 9.88 Å². The van der Waals surface area contributed by atoms with Crippen LogP contribution in [0.15, 0.2) is 71.1 Å². The molecule has 0 radical (unpaired) electrons. The van der Waals surface area contributed by atoms with Crippen LogP contribution in [-0.2, 0) is 0 Å². The van der Waals surface area contributed by atoms with Gasteiger partial charge in [-0.1, -0.05) is 11.6 Å². The van der Waals surface area contributed by atoms with Crippen LogP contribution in [0.5, 0.6) is 17.2 Å². The van der Waals surface area contributed by atoms with Crippen LogP contribution in [0, 0.1) is 0 Å². The first kappa shape index (κ1) is 21.8. The summed E-state index contributed by atoms with van der Waals surface area (Å²) in [5.74, 6) is 2.79. The standard InChI is InChI=1S/C26H26ClN3O3/c27-19-4-8-22(9-5-19)32-23-10-11-25-24(16-23)29-26(33-25)18-2-6-21(7-3-18)31-15-1-13-30-14-12-20(28)17-30/h2-11,16,20H,1,12-15,17,28H2/t20-/m0/s1. The Hall–Kier alpha value is -3.06. The molecule has 33 heavy (non-hydrogen) atoms. The number of halogens is 1. The highest BCUT2D eigenvalue weighted by molar-refractivity contribution is 6.30. The van der Waals surface area contributed by atoms with Crippen molar-refractivity contribution >= 4 is 22.7 Å². The molecule has 170 valence electrons. The number of fused-ring (bicyclic) bond motifs is 1. The highest BCUT2D eigenvalue weighted by Crippen LogP contribution is 2.30. The lowest BCUT2D eigenvalue weighted by Gasteiger charge is -2.15. The molecule has 1 saturated heterocycles. The van der Waals surface area contributed by atoms with E-state index in [0.29, 0.717) is 40.6 Å². The maximum atomic E-state index is 5.95. The molecule has 0 unspecified atom stereocenters. The van der Waals surface area contributed by atoms with Crippen molar-refractivity contribution in [3.8, 4) is 28.7 Å². The molecule has 7 heteroatoms. The van der Waals surface area contributed by atoms with Gasteiger partial charge >= 0.3 is 0 Å². The van der Waals surface area contributed by atoms with Crippen molar-refractivity contribution in [2.75, 3.05) is 26.2 Å². The lowest BCUT2D eigenvalue weighted by atomic mass is 10.2. The summed E-state index contributed by atoms with van der Waals surface area (Å²) in [6.45, 7) is 3.80. The normalized spacial score (nSPS) is 16.4. The van der Waals surface area contributed by atoms with Gasteiger partial charge in [0.2, 0.25) is 5.89 Å². The predicted octanol–water partition coefficient (Wildman–Crippen LogP) is 5.74. The molecule has 5 rings (SSSR count). The Morgan fingerprint density at radius 2 is 1.76 bits per heavy atom. The Balaban J connectivity index is 1.19. The van der Waals surface area contributed by atoms with E-state index in [1.165, 1.54) is 0 Å². The fraction of sp³-hybridized carbons (Fsp3) is 0.269. The number of aromatic nitrogens is 1. The summed E-state index contributed by atoms with van der Waals surface area (Å²) in [5.41, 5.74) is 8.29. The summed E-state index contributed by atoms with van der Waals surface area (Å²) in [4.78, 5) is 7.03. The van der Waals surface area contributed by atoms with Crippen molar-refractivity contribution in [3.63, 3.8) is 0 Å². The van der Waals surface area contributed by atoms with E-state index in [1.807, 2.05) is 54.6 Å². The van der Waals surface area contributed by atoms with Crippen molar-refractivity contribution < 1.29 is 13.9 Å². The Labute approximate surface area is 197 Å². The average Bonchev–Trinajstić information content (AvgIpc) is 3.44. The van der Waals surface area contributed by atoms with Gasteiger partial charge in [0.1, 0.15) is 22.8 Å². The van der Waals surface area contributed by atoms with Crippen LogP contribution in [0.3, 0.4) is 0 Å². The first-order valence-electron chi connectivity index (χ1n) is 11.2. The smallest absolute Gasteiger partial charge is 0.227 e. The summed E-state index contributed by atoms with van der Waals surface area (Å²) < 4.78 is 17.7. The minimum absolute atomic E-state index is 0.327. The molecule has 2 N–H and O–H groups in total. The average molecular weight is 464 g/mol. The molecule has 1 fully saturated rings. The number of rotatable bonds is 8. The molecular formula is C26H26ClN3O3. The molecule has 0 spiro atoms. The molecule has 1 atom stereocenters. The van der Waals surface area contributed by atoms with Crippen LogP contribution in [0.1, 0.15) is 12.8 Å². The minimum Gasteiger partial charge on any atom is -0.494 e. The molecule has 0 amide bonds. The molecule has 1 aliphatic heterocycles. The summed E-state index contributed by atoms with van der Waals surface area (Å²) in [5, 5.41) is 0.669. The predicted molar refractivity (Wildman–Crippen MR) is 130 cm³/mol. The third kappa shape index (κ3) is 5.47. The molecule has 2 heterocycles. The Kier molecular flexibility index (Phi) is 6.48. The molecule has 4 aromatic rings. The largest absolute Gasteiger partial charge is 0.494 e. The van der Waals surface area contributed by atoms with Gasteiger partial charge in [-0.05, 0) is 80.1 Å². The zero-order valence-corrected chi connectivity index (χ0v) is 19.0. The molecule has 3 aromatic carbocycles. The minimum atomic E-state index is 0.327. The van der Waals surface area contributed by atoms with Crippen LogP contribution in [-0.4, -0.2) is 42.2 Å².